The van der Waals surface area contributed by atoms with E-state index in [9.17, 15) is 9.59 Å². The summed E-state index contributed by atoms with van der Waals surface area (Å²) in [6.45, 7) is 0.361. The Balaban J connectivity index is 1.72. The number of halogens is 1. The lowest BCUT2D eigenvalue weighted by Crippen LogP contribution is -2.29. The Morgan fingerprint density at radius 3 is 2.45 bits per heavy atom. The molecule has 1 aliphatic heterocycles. The Bertz CT molecular complexity index is 1350. The quantitative estimate of drug-likeness (QED) is 0.401. The molecule has 0 spiro atoms. The van der Waals surface area contributed by atoms with E-state index in [-0.39, 0.29) is 17.1 Å². The van der Waals surface area contributed by atoms with Crippen LogP contribution in [0.2, 0.25) is 0 Å². The first-order valence-electron chi connectivity index (χ1n) is 9.82. The van der Waals surface area contributed by atoms with Crippen molar-refractivity contribution in [3.63, 3.8) is 0 Å². The Kier molecular flexibility index (Phi) is 4.87. The average molecular weight is 476 g/mol. The summed E-state index contributed by atoms with van der Waals surface area (Å²) < 4.78 is 12.0. The third-order valence-electron chi connectivity index (χ3n) is 5.56. The molecule has 1 amide bonds. The predicted octanol–water partition coefficient (Wildman–Crippen LogP) is 5.31. The highest BCUT2D eigenvalue weighted by atomic mass is 79.9. The van der Waals surface area contributed by atoms with Gasteiger partial charge in [-0.2, -0.15) is 0 Å². The van der Waals surface area contributed by atoms with Crippen molar-refractivity contribution in [3.05, 3.63) is 110 Å². The highest BCUT2D eigenvalue weighted by molar-refractivity contribution is 9.10. The van der Waals surface area contributed by atoms with Crippen molar-refractivity contribution in [2.24, 2.45) is 0 Å². The molecule has 5 rings (SSSR count). The zero-order valence-electron chi connectivity index (χ0n) is 16.7. The minimum Gasteiger partial charge on any atom is -0.497 e. The van der Waals surface area contributed by atoms with E-state index in [1.807, 2.05) is 54.6 Å². The maximum atomic E-state index is 13.5. The van der Waals surface area contributed by atoms with E-state index in [2.05, 4.69) is 15.9 Å². The molecule has 0 radical (unpaired) electrons. The molecule has 1 unspecified atom stereocenters. The fourth-order valence-corrected chi connectivity index (χ4v) is 4.43. The van der Waals surface area contributed by atoms with Gasteiger partial charge >= 0.3 is 0 Å². The molecule has 0 aliphatic carbocycles. The summed E-state index contributed by atoms with van der Waals surface area (Å²) in [5.41, 5.74) is 2.38. The number of nitrogens with zero attached hydrogens (tertiary/aromatic N) is 1. The summed E-state index contributed by atoms with van der Waals surface area (Å²) in [6.07, 6.45) is 0. The van der Waals surface area contributed by atoms with E-state index in [0.29, 0.717) is 28.8 Å². The van der Waals surface area contributed by atoms with Crippen LogP contribution in [-0.4, -0.2) is 17.9 Å². The Labute approximate surface area is 187 Å². The second-order valence-electron chi connectivity index (χ2n) is 7.41. The molecule has 0 N–H and O–H groups in total. The molecule has 1 atom stereocenters. The zero-order valence-corrected chi connectivity index (χ0v) is 18.3. The SMILES string of the molecule is COc1ccc(C2c3c(oc4ccc(Br)cc4c3=O)C(=O)N2Cc2ccccc2)cc1. The van der Waals surface area contributed by atoms with Crippen molar-refractivity contribution in [2.45, 2.75) is 12.6 Å². The zero-order chi connectivity index (χ0) is 21.5. The summed E-state index contributed by atoms with van der Waals surface area (Å²) in [4.78, 5) is 28.7. The molecule has 0 fully saturated rings. The van der Waals surface area contributed by atoms with Gasteiger partial charge < -0.3 is 14.1 Å². The van der Waals surface area contributed by atoms with Crippen molar-refractivity contribution in [1.29, 1.82) is 0 Å². The van der Waals surface area contributed by atoms with Crippen molar-refractivity contribution in [3.8, 4) is 5.75 Å². The van der Waals surface area contributed by atoms with E-state index < -0.39 is 6.04 Å². The molecule has 1 aromatic heterocycles. The van der Waals surface area contributed by atoms with Gasteiger partial charge in [0.1, 0.15) is 11.3 Å². The Morgan fingerprint density at radius 1 is 1.00 bits per heavy atom. The third kappa shape index (κ3) is 3.33. The number of carbonyl (C=O) groups is 1. The minimum absolute atomic E-state index is 0.108. The van der Waals surface area contributed by atoms with Gasteiger partial charge in [0.25, 0.3) is 5.91 Å². The van der Waals surface area contributed by atoms with Gasteiger partial charge in [0.05, 0.1) is 24.1 Å². The fraction of sp³-hybridized carbons (Fsp3) is 0.120. The van der Waals surface area contributed by atoms with Crippen molar-refractivity contribution < 1.29 is 13.9 Å². The lowest BCUT2D eigenvalue weighted by atomic mass is 9.98. The van der Waals surface area contributed by atoms with Gasteiger partial charge in [0.15, 0.2) is 5.43 Å². The van der Waals surface area contributed by atoms with E-state index in [1.54, 1.807) is 30.2 Å². The van der Waals surface area contributed by atoms with Crippen molar-refractivity contribution in [1.82, 2.24) is 4.90 Å². The highest BCUT2D eigenvalue weighted by Gasteiger charge is 2.42. The smallest absolute Gasteiger partial charge is 0.291 e. The van der Waals surface area contributed by atoms with Gasteiger partial charge in [-0.1, -0.05) is 58.4 Å². The number of rotatable bonds is 4. The molecule has 4 aromatic rings. The summed E-state index contributed by atoms with van der Waals surface area (Å²) in [6, 6.07) is 21.8. The second-order valence-corrected chi connectivity index (χ2v) is 8.32. The van der Waals surface area contributed by atoms with E-state index in [1.165, 1.54) is 0 Å². The van der Waals surface area contributed by atoms with Crippen molar-refractivity contribution in [2.75, 3.05) is 7.11 Å². The molecular weight excluding hydrogens is 458 g/mol. The molecule has 6 heteroatoms. The van der Waals surface area contributed by atoms with Crippen LogP contribution in [0.3, 0.4) is 0 Å². The van der Waals surface area contributed by atoms with E-state index in [0.717, 1.165) is 15.6 Å². The molecule has 3 aromatic carbocycles. The summed E-state index contributed by atoms with van der Waals surface area (Å²) >= 11 is 3.42. The number of benzene rings is 3. The standard InChI is InChI=1S/C25H18BrNO4/c1-30-18-10-7-16(8-11-18)22-21-23(28)19-13-17(26)9-12-20(19)31-24(21)25(29)27(22)14-15-5-3-2-4-6-15/h2-13,22H,14H2,1H3. The van der Waals surface area contributed by atoms with Crippen molar-refractivity contribution >= 4 is 32.8 Å². The van der Waals surface area contributed by atoms with Gasteiger partial charge in [0, 0.05) is 11.0 Å². The Morgan fingerprint density at radius 2 is 1.74 bits per heavy atom. The van der Waals surface area contributed by atoms with Crippen LogP contribution in [0.15, 0.2) is 86.5 Å². The average Bonchev–Trinajstić information content (AvgIpc) is 3.07. The first kappa shape index (κ1) is 19.6. The van der Waals surface area contributed by atoms with E-state index >= 15 is 0 Å². The Hall–Kier alpha value is -3.38. The molecule has 0 bridgehead atoms. The maximum Gasteiger partial charge on any atom is 0.291 e. The molecule has 2 heterocycles. The number of fused-ring (bicyclic) bond motifs is 2. The van der Waals surface area contributed by atoms with Crippen LogP contribution < -0.4 is 10.2 Å². The maximum absolute atomic E-state index is 13.5. The molecule has 31 heavy (non-hydrogen) atoms. The van der Waals surface area contributed by atoms with Gasteiger partial charge in [-0.3, -0.25) is 9.59 Å². The number of hydrogen-bond donors (Lipinski definition) is 0. The summed E-state index contributed by atoms with van der Waals surface area (Å²) in [7, 11) is 1.60. The number of methoxy groups -OCH3 is 1. The topological polar surface area (TPSA) is 59.8 Å². The monoisotopic (exact) mass is 475 g/mol. The number of carbonyl (C=O) groups excluding carboxylic acids is 1. The molecule has 0 saturated carbocycles. The molecular formula is C25H18BrNO4. The third-order valence-corrected chi connectivity index (χ3v) is 6.05. The highest BCUT2D eigenvalue weighted by Crippen LogP contribution is 2.39. The normalized spacial score (nSPS) is 15.4. The van der Waals surface area contributed by atoms with Crippen LogP contribution in [-0.2, 0) is 6.54 Å². The number of ether oxygens (including phenoxy) is 1. The molecule has 0 saturated heterocycles. The summed E-state index contributed by atoms with van der Waals surface area (Å²) in [5, 5.41) is 0.445. The summed E-state index contributed by atoms with van der Waals surface area (Å²) in [5.74, 6) is 0.524. The van der Waals surface area contributed by atoms with Gasteiger partial charge in [-0.15, -0.1) is 0 Å². The fourth-order valence-electron chi connectivity index (χ4n) is 4.07. The first-order valence-corrected chi connectivity index (χ1v) is 10.6. The van der Waals surface area contributed by atoms with Crippen LogP contribution in [0.5, 0.6) is 5.75 Å². The molecule has 154 valence electrons. The molecule has 1 aliphatic rings. The van der Waals surface area contributed by atoms with Crippen LogP contribution >= 0.6 is 15.9 Å². The van der Waals surface area contributed by atoms with Gasteiger partial charge in [-0.05, 0) is 41.5 Å². The van der Waals surface area contributed by atoms with E-state index in [4.69, 9.17) is 9.15 Å². The van der Waals surface area contributed by atoms with Crippen LogP contribution in [0, 0.1) is 0 Å². The van der Waals surface area contributed by atoms with Crippen LogP contribution in [0.1, 0.15) is 33.3 Å². The number of amides is 1. The van der Waals surface area contributed by atoms with Gasteiger partial charge in [-0.25, -0.2) is 0 Å². The number of hydrogen-bond acceptors (Lipinski definition) is 4. The largest absolute Gasteiger partial charge is 0.497 e. The minimum atomic E-state index is -0.548. The predicted molar refractivity (Wildman–Crippen MR) is 121 cm³/mol. The lowest BCUT2D eigenvalue weighted by Gasteiger charge is -2.25. The molecule has 5 nitrogen and oxygen atoms in total. The second kappa shape index (κ2) is 7.71. The first-order chi connectivity index (χ1) is 15.1. The lowest BCUT2D eigenvalue weighted by molar-refractivity contribution is 0.0714. The van der Waals surface area contributed by atoms with Gasteiger partial charge in [0.2, 0.25) is 5.76 Å². The van der Waals surface area contributed by atoms with Crippen LogP contribution in [0.25, 0.3) is 11.0 Å². The van der Waals surface area contributed by atoms with Crippen LogP contribution in [0.4, 0.5) is 0 Å².